The van der Waals surface area contributed by atoms with Gasteiger partial charge in [0.25, 0.3) is 5.91 Å². The molecule has 0 radical (unpaired) electrons. The molecule has 0 aliphatic carbocycles. The predicted octanol–water partition coefficient (Wildman–Crippen LogP) is 2.44. The van der Waals surface area contributed by atoms with Gasteiger partial charge >= 0.3 is 0 Å². The van der Waals surface area contributed by atoms with Crippen LogP contribution in [0, 0.1) is 0 Å². The minimum Gasteiger partial charge on any atom is -0.393 e. The van der Waals surface area contributed by atoms with Crippen LogP contribution in [0.1, 0.15) is 23.7 Å². The normalized spacial score (nSPS) is 12.2. The van der Waals surface area contributed by atoms with Crippen molar-refractivity contribution in [3.8, 4) is 5.69 Å². The van der Waals surface area contributed by atoms with Crippen LogP contribution in [0.4, 0.5) is 0 Å². The van der Waals surface area contributed by atoms with Gasteiger partial charge in [0.05, 0.1) is 6.10 Å². The van der Waals surface area contributed by atoms with Crippen LogP contribution in [0.25, 0.3) is 5.69 Å². The van der Waals surface area contributed by atoms with E-state index in [0.29, 0.717) is 18.5 Å². The fraction of sp³-hybridized carbons (Fsp3) is 0.375. The maximum atomic E-state index is 12.3. The number of hydrogen-bond donors (Lipinski definition) is 1. The molecule has 0 bridgehead atoms. The summed E-state index contributed by atoms with van der Waals surface area (Å²) < 4.78 is 1.98. The van der Waals surface area contributed by atoms with Gasteiger partial charge in [-0.3, -0.25) is 9.36 Å². The quantitative estimate of drug-likeness (QED) is 0.831. The lowest BCUT2D eigenvalue weighted by atomic mass is 10.1. The standard InChI is InChI=1S/C16H21N3O2S/c1-12(20)8-10-18(2)15(21)13-4-6-14(7-5-13)19-11-9-17-16(19)22-3/h4-7,9,11-12,20H,8,10H2,1-3H3. The summed E-state index contributed by atoms with van der Waals surface area (Å²) in [6.45, 7) is 2.26. The average molecular weight is 319 g/mol. The van der Waals surface area contributed by atoms with Crippen molar-refractivity contribution in [3.63, 3.8) is 0 Å². The van der Waals surface area contributed by atoms with Crippen LogP contribution in [0.2, 0.25) is 0 Å². The Morgan fingerprint density at radius 2 is 2.09 bits per heavy atom. The summed E-state index contributed by atoms with van der Waals surface area (Å²) in [5, 5.41) is 10.2. The van der Waals surface area contributed by atoms with Gasteiger partial charge in [0.2, 0.25) is 0 Å². The molecule has 0 aliphatic rings. The lowest BCUT2D eigenvalue weighted by Gasteiger charge is -2.18. The number of nitrogens with zero attached hydrogens (tertiary/aromatic N) is 3. The Balaban J connectivity index is 2.10. The van der Waals surface area contributed by atoms with Crippen molar-refractivity contribution < 1.29 is 9.90 Å². The highest BCUT2D eigenvalue weighted by Crippen LogP contribution is 2.18. The summed E-state index contributed by atoms with van der Waals surface area (Å²) in [5.74, 6) is -0.0390. The second kappa shape index (κ2) is 7.47. The van der Waals surface area contributed by atoms with Crippen molar-refractivity contribution in [2.45, 2.75) is 24.6 Å². The van der Waals surface area contributed by atoms with Gasteiger partial charge in [-0.05, 0) is 43.9 Å². The summed E-state index contributed by atoms with van der Waals surface area (Å²) in [7, 11) is 1.75. The summed E-state index contributed by atoms with van der Waals surface area (Å²) in [4.78, 5) is 18.2. The van der Waals surface area contributed by atoms with Gasteiger partial charge in [-0.15, -0.1) is 0 Å². The molecule has 1 unspecified atom stereocenters. The van der Waals surface area contributed by atoms with Crippen molar-refractivity contribution in [1.82, 2.24) is 14.5 Å². The zero-order valence-corrected chi connectivity index (χ0v) is 13.9. The molecule has 0 aliphatic heterocycles. The fourth-order valence-corrected chi connectivity index (χ4v) is 2.63. The van der Waals surface area contributed by atoms with Crippen molar-refractivity contribution in [2.24, 2.45) is 0 Å². The van der Waals surface area contributed by atoms with E-state index in [4.69, 9.17) is 0 Å². The minimum absolute atomic E-state index is 0.0390. The number of aliphatic hydroxyl groups excluding tert-OH is 1. The first-order valence-electron chi connectivity index (χ1n) is 7.14. The summed E-state index contributed by atoms with van der Waals surface area (Å²) in [5.41, 5.74) is 1.62. The Morgan fingerprint density at radius 3 is 2.68 bits per heavy atom. The van der Waals surface area contributed by atoms with E-state index in [0.717, 1.165) is 10.8 Å². The van der Waals surface area contributed by atoms with Crippen LogP contribution in [0.5, 0.6) is 0 Å². The molecule has 1 heterocycles. The third-order valence-electron chi connectivity index (χ3n) is 3.41. The maximum Gasteiger partial charge on any atom is 0.253 e. The number of carbonyl (C=O) groups excluding carboxylic acids is 1. The molecule has 6 heteroatoms. The fourth-order valence-electron chi connectivity index (χ4n) is 2.10. The molecule has 0 fully saturated rings. The van der Waals surface area contributed by atoms with E-state index >= 15 is 0 Å². The van der Waals surface area contributed by atoms with Crippen molar-refractivity contribution in [1.29, 1.82) is 0 Å². The third kappa shape index (κ3) is 3.90. The number of thioether (sulfide) groups is 1. The Kier molecular flexibility index (Phi) is 5.63. The SMILES string of the molecule is CSc1nccn1-c1ccc(C(=O)N(C)CCC(C)O)cc1. The molecular weight excluding hydrogens is 298 g/mol. The molecule has 1 amide bonds. The number of aliphatic hydroxyl groups is 1. The molecule has 1 N–H and O–H groups in total. The zero-order valence-electron chi connectivity index (χ0n) is 13.1. The lowest BCUT2D eigenvalue weighted by molar-refractivity contribution is 0.0769. The van der Waals surface area contributed by atoms with Crippen LogP contribution in [-0.2, 0) is 0 Å². The first kappa shape index (κ1) is 16.6. The number of benzene rings is 1. The van der Waals surface area contributed by atoms with Crippen LogP contribution < -0.4 is 0 Å². The average Bonchev–Trinajstić information content (AvgIpc) is 3.00. The first-order chi connectivity index (χ1) is 10.5. The van der Waals surface area contributed by atoms with E-state index in [1.54, 1.807) is 36.8 Å². The highest BCUT2D eigenvalue weighted by atomic mass is 32.2. The number of amides is 1. The monoisotopic (exact) mass is 319 g/mol. The Labute approximate surface area is 135 Å². The second-order valence-corrected chi connectivity index (χ2v) is 5.97. The van der Waals surface area contributed by atoms with Crippen LogP contribution in [0.3, 0.4) is 0 Å². The predicted molar refractivity (Wildman–Crippen MR) is 88.6 cm³/mol. The zero-order chi connectivity index (χ0) is 16.1. The molecule has 1 atom stereocenters. The van der Waals surface area contributed by atoms with Gasteiger partial charge in [-0.2, -0.15) is 0 Å². The van der Waals surface area contributed by atoms with Gasteiger partial charge in [-0.25, -0.2) is 4.98 Å². The van der Waals surface area contributed by atoms with Crippen LogP contribution in [0.15, 0.2) is 41.8 Å². The van der Waals surface area contributed by atoms with Gasteiger partial charge in [0.1, 0.15) is 0 Å². The number of rotatable bonds is 6. The van der Waals surface area contributed by atoms with Gasteiger partial charge in [0, 0.05) is 37.2 Å². The lowest BCUT2D eigenvalue weighted by Crippen LogP contribution is -2.29. The highest BCUT2D eigenvalue weighted by molar-refractivity contribution is 7.98. The molecule has 0 spiro atoms. The number of imidazole rings is 1. The van der Waals surface area contributed by atoms with E-state index in [1.165, 1.54) is 0 Å². The summed E-state index contributed by atoms with van der Waals surface area (Å²) in [6, 6.07) is 7.47. The second-order valence-electron chi connectivity index (χ2n) is 5.20. The van der Waals surface area contributed by atoms with Crippen LogP contribution >= 0.6 is 11.8 Å². The van der Waals surface area contributed by atoms with Crippen LogP contribution in [-0.4, -0.2) is 51.4 Å². The molecule has 2 aromatic rings. The van der Waals surface area contributed by atoms with Gasteiger partial charge in [0.15, 0.2) is 5.16 Å². The minimum atomic E-state index is -0.399. The van der Waals surface area contributed by atoms with E-state index < -0.39 is 6.10 Å². The van der Waals surface area contributed by atoms with E-state index in [9.17, 15) is 9.90 Å². The molecule has 0 saturated carbocycles. The Hall–Kier alpha value is -1.79. The number of hydrogen-bond acceptors (Lipinski definition) is 4. The molecule has 22 heavy (non-hydrogen) atoms. The third-order valence-corrected chi connectivity index (χ3v) is 4.08. The number of aromatic nitrogens is 2. The van der Waals surface area contributed by atoms with Gasteiger partial charge in [-0.1, -0.05) is 11.8 Å². The molecule has 0 saturated heterocycles. The van der Waals surface area contributed by atoms with Gasteiger partial charge < -0.3 is 10.0 Å². The van der Waals surface area contributed by atoms with Crippen molar-refractivity contribution in [2.75, 3.05) is 19.8 Å². The topological polar surface area (TPSA) is 58.4 Å². The molecule has 2 rings (SSSR count). The van der Waals surface area contributed by atoms with E-state index in [1.807, 2.05) is 41.3 Å². The maximum absolute atomic E-state index is 12.3. The molecule has 5 nitrogen and oxygen atoms in total. The smallest absolute Gasteiger partial charge is 0.253 e. The summed E-state index contributed by atoms with van der Waals surface area (Å²) >= 11 is 1.57. The van der Waals surface area contributed by atoms with Crippen molar-refractivity contribution >= 4 is 17.7 Å². The Morgan fingerprint density at radius 1 is 1.41 bits per heavy atom. The van der Waals surface area contributed by atoms with Crippen molar-refractivity contribution in [3.05, 3.63) is 42.2 Å². The highest BCUT2D eigenvalue weighted by Gasteiger charge is 2.12. The van der Waals surface area contributed by atoms with E-state index in [-0.39, 0.29) is 5.91 Å². The summed E-state index contributed by atoms with van der Waals surface area (Å²) in [6.07, 6.45) is 5.82. The molecule has 118 valence electrons. The molecular formula is C16H21N3O2S. The molecule has 1 aromatic carbocycles. The Bertz CT molecular complexity index is 623. The van der Waals surface area contributed by atoms with E-state index in [2.05, 4.69) is 4.98 Å². The largest absolute Gasteiger partial charge is 0.393 e. The number of carbonyl (C=O) groups is 1. The molecule has 1 aromatic heterocycles. The first-order valence-corrected chi connectivity index (χ1v) is 8.36.